The van der Waals surface area contributed by atoms with Crippen LogP contribution in [-0.4, -0.2) is 106 Å². The van der Waals surface area contributed by atoms with Gasteiger partial charge in [-0.25, -0.2) is 0 Å². The summed E-state index contributed by atoms with van der Waals surface area (Å²) in [5.41, 5.74) is 0. The second kappa shape index (κ2) is 11.7. The van der Waals surface area contributed by atoms with Gasteiger partial charge in [-0.15, -0.1) is 0 Å². The number of hydrogen-bond acceptors (Lipinski definition) is 10. The summed E-state index contributed by atoms with van der Waals surface area (Å²) in [6.45, 7) is 2.11. The lowest BCUT2D eigenvalue weighted by Gasteiger charge is -2.47. The average molecular weight is 453 g/mol. The number of ether oxygens (including phenoxy) is 4. The third-order valence-electron chi connectivity index (χ3n) is 6.06. The Labute approximate surface area is 181 Å². The Morgan fingerprint density at radius 3 is 2.30 bits per heavy atom. The molecule has 0 radical (unpaired) electrons. The Bertz CT molecular complexity index is 511. The van der Waals surface area contributed by atoms with Gasteiger partial charge in [-0.1, -0.05) is 19.8 Å². The molecular formula is C20H36O9S. The van der Waals surface area contributed by atoms with Gasteiger partial charge >= 0.3 is 0 Å². The van der Waals surface area contributed by atoms with Gasteiger partial charge in [-0.3, -0.25) is 0 Å². The van der Waals surface area contributed by atoms with Crippen LogP contribution in [-0.2, 0) is 18.9 Å². The van der Waals surface area contributed by atoms with Gasteiger partial charge in [0, 0.05) is 18.3 Å². The van der Waals surface area contributed by atoms with E-state index in [9.17, 15) is 25.5 Å². The van der Waals surface area contributed by atoms with Crippen LogP contribution < -0.4 is 0 Å². The van der Waals surface area contributed by atoms with Crippen LogP contribution in [0, 0.1) is 5.92 Å². The van der Waals surface area contributed by atoms with E-state index in [2.05, 4.69) is 6.92 Å². The molecule has 5 N–H and O–H groups in total. The summed E-state index contributed by atoms with van der Waals surface area (Å²) >= 11 is 1.63. The molecule has 176 valence electrons. The molecule has 6 heterocycles. The molecule has 0 amide bonds. The Morgan fingerprint density at radius 2 is 1.57 bits per heavy atom. The highest BCUT2D eigenvalue weighted by atomic mass is 32.2. The Balaban J connectivity index is 1.84. The quantitative estimate of drug-likeness (QED) is 0.351. The van der Waals surface area contributed by atoms with E-state index >= 15 is 0 Å². The van der Waals surface area contributed by atoms with E-state index in [0.717, 1.165) is 31.4 Å². The van der Waals surface area contributed by atoms with Crippen LogP contribution in [0.25, 0.3) is 0 Å². The molecule has 0 aromatic heterocycles. The fourth-order valence-corrected chi connectivity index (χ4v) is 5.29. The van der Waals surface area contributed by atoms with Crippen LogP contribution in [0.5, 0.6) is 0 Å². The predicted molar refractivity (Wildman–Crippen MR) is 109 cm³/mol. The maximum absolute atomic E-state index is 10.8. The fourth-order valence-electron chi connectivity index (χ4n) is 4.34. The molecule has 4 unspecified atom stereocenters. The molecule has 0 aromatic rings. The van der Waals surface area contributed by atoms with Crippen LogP contribution in [0.4, 0.5) is 0 Å². The van der Waals surface area contributed by atoms with Crippen molar-refractivity contribution >= 4 is 11.8 Å². The van der Waals surface area contributed by atoms with Crippen molar-refractivity contribution in [3.63, 3.8) is 0 Å². The molecule has 6 saturated heterocycles. The van der Waals surface area contributed by atoms with Crippen molar-refractivity contribution in [2.45, 2.75) is 94.3 Å². The molecule has 10 heteroatoms. The number of hydrogen-bond donors (Lipinski definition) is 5. The van der Waals surface area contributed by atoms with Crippen molar-refractivity contribution in [1.29, 1.82) is 0 Å². The molecule has 0 spiro atoms. The topological polar surface area (TPSA) is 138 Å². The predicted octanol–water partition coefficient (Wildman–Crippen LogP) is -0.393. The van der Waals surface area contributed by atoms with Gasteiger partial charge in [0.15, 0.2) is 12.6 Å². The summed E-state index contributed by atoms with van der Waals surface area (Å²) in [5.74, 6) is 0.973. The van der Waals surface area contributed by atoms with Gasteiger partial charge in [-0.05, 0) is 25.0 Å². The second-order valence-electron chi connectivity index (χ2n) is 8.29. The second-order valence-corrected chi connectivity index (χ2v) is 9.44. The average Bonchev–Trinajstić information content (AvgIpc) is 2.75. The summed E-state index contributed by atoms with van der Waals surface area (Å²) in [6.07, 6.45) is -5.77. The number of rotatable bonds is 5. The van der Waals surface area contributed by atoms with Crippen LogP contribution in [0.3, 0.4) is 0 Å². The van der Waals surface area contributed by atoms with E-state index in [1.165, 1.54) is 0 Å². The van der Waals surface area contributed by atoms with Crippen molar-refractivity contribution in [2.24, 2.45) is 5.92 Å². The SMILES string of the molecule is CCCSCC1O[C@H]2OCCCCCC3C(CO)O[C@@H](OC1[C@H](O)[C@H]2O)[C@H](O)[C@H]3O. The Hall–Kier alpha value is -0.0100. The van der Waals surface area contributed by atoms with E-state index < -0.39 is 61.2 Å². The van der Waals surface area contributed by atoms with Crippen LogP contribution in [0.15, 0.2) is 0 Å². The Kier molecular flexibility index (Phi) is 9.64. The van der Waals surface area contributed by atoms with E-state index in [1.807, 2.05) is 0 Å². The van der Waals surface area contributed by atoms with Crippen LogP contribution in [0.1, 0.15) is 39.0 Å². The van der Waals surface area contributed by atoms with Crippen molar-refractivity contribution in [1.82, 2.24) is 0 Å². The fraction of sp³-hybridized carbons (Fsp3) is 1.00. The highest BCUT2D eigenvalue weighted by molar-refractivity contribution is 7.99. The molecule has 6 fully saturated rings. The minimum absolute atomic E-state index is 0.318. The van der Waals surface area contributed by atoms with E-state index in [0.29, 0.717) is 18.8 Å². The minimum atomic E-state index is -1.34. The zero-order valence-corrected chi connectivity index (χ0v) is 18.2. The van der Waals surface area contributed by atoms with E-state index in [-0.39, 0.29) is 6.61 Å². The van der Waals surface area contributed by atoms with Gasteiger partial charge in [0.25, 0.3) is 0 Å². The molecule has 0 aliphatic carbocycles. The number of thioether (sulfide) groups is 1. The zero-order valence-electron chi connectivity index (χ0n) is 17.4. The normalized spacial score (nSPS) is 45.8. The maximum Gasteiger partial charge on any atom is 0.187 e. The minimum Gasteiger partial charge on any atom is -0.394 e. The molecular weight excluding hydrogens is 416 g/mol. The van der Waals surface area contributed by atoms with Crippen molar-refractivity contribution in [3.8, 4) is 0 Å². The third-order valence-corrected chi connectivity index (χ3v) is 7.32. The monoisotopic (exact) mass is 452 g/mol. The first-order chi connectivity index (χ1) is 14.5. The molecule has 6 rings (SSSR count). The van der Waals surface area contributed by atoms with E-state index in [1.54, 1.807) is 11.8 Å². The number of aliphatic hydroxyl groups excluding tert-OH is 5. The first kappa shape index (κ1) is 24.6. The molecule has 10 atom stereocenters. The molecule has 4 bridgehead atoms. The molecule has 0 saturated carbocycles. The largest absolute Gasteiger partial charge is 0.394 e. The van der Waals surface area contributed by atoms with Gasteiger partial charge in [0.05, 0.1) is 24.9 Å². The molecule has 30 heavy (non-hydrogen) atoms. The summed E-state index contributed by atoms with van der Waals surface area (Å²) in [5, 5.41) is 52.4. The van der Waals surface area contributed by atoms with Crippen LogP contribution >= 0.6 is 11.8 Å². The highest BCUT2D eigenvalue weighted by Gasteiger charge is 2.50. The zero-order chi connectivity index (χ0) is 21.7. The van der Waals surface area contributed by atoms with Crippen molar-refractivity contribution in [2.75, 3.05) is 24.7 Å². The maximum atomic E-state index is 10.8. The molecule has 9 nitrogen and oxygen atoms in total. The standard InChI is InChI=1S/C20H36O9S/c1-2-8-30-10-13-18-15(23)17(25)19(28-13)26-7-5-3-4-6-11-12(9-21)27-20(29-18)16(24)14(11)22/h11-25H,2-10H2,1H3/t11?,12?,13?,14-,15+,16+,17+,18?,19+,20-/m0/s1. The molecule has 6 aliphatic rings. The van der Waals surface area contributed by atoms with E-state index in [4.69, 9.17) is 18.9 Å². The highest BCUT2D eigenvalue weighted by Crippen LogP contribution is 2.34. The smallest absolute Gasteiger partial charge is 0.187 e. The van der Waals surface area contributed by atoms with Gasteiger partial charge in [-0.2, -0.15) is 11.8 Å². The summed E-state index contributed by atoms with van der Waals surface area (Å²) in [4.78, 5) is 0. The number of aliphatic hydroxyl groups is 5. The molecule has 0 aromatic carbocycles. The lowest BCUT2D eigenvalue weighted by atomic mass is 9.85. The molecule has 6 aliphatic heterocycles. The van der Waals surface area contributed by atoms with Crippen molar-refractivity contribution < 1.29 is 44.5 Å². The summed E-state index contributed by atoms with van der Waals surface area (Å²) in [6, 6.07) is 0. The third kappa shape index (κ3) is 5.67. The van der Waals surface area contributed by atoms with Gasteiger partial charge in [0.2, 0.25) is 0 Å². The lowest BCUT2D eigenvalue weighted by Crippen LogP contribution is -2.63. The van der Waals surface area contributed by atoms with Gasteiger partial charge in [0.1, 0.15) is 24.4 Å². The van der Waals surface area contributed by atoms with Crippen LogP contribution in [0.2, 0.25) is 0 Å². The first-order valence-corrected chi connectivity index (χ1v) is 12.1. The summed E-state index contributed by atoms with van der Waals surface area (Å²) in [7, 11) is 0. The van der Waals surface area contributed by atoms with Crippen molar-refractivity contribution in [3.05, 3.63) is 0 Å². The Morgan fingerprint density at radius 1 is 0.833 bits per heavy atom. The first-order valence-electron chi connectivity index (χ1n) is 11.0. The van der Waals surface area contributed by atoms with Gasteiger partial charge < -0.3 is 44.5 Å². The summed E-state index contributed by atoms with van der Waals surface area (Å²) < 4.78 is 23.4. The lowest BCUT2D eigenvalue weighted by molar-refractivity contribution is -0.351.